The zero-order valence-electron chi connectivity index (χ0n) is 12.7. The molecule has 1 aromatic carbocycles. The minimum Gasteiger partial charge on any atom is -0.342 e. The van der Waals surface area contributed by atoms with Crippen molar-refractivity contribution in [1.29, 1.82) is 0 Å². The van der Waals surface area contributed by atoms with Gasteiger partial charge in [0.2, 0.25) is 5.91 Å². The maximum atomic E-state index is 13.0. The van der Waals surface area contributed by atoms with Gasteiger partial charge in [-0.1, -0.05) is 24.3 Å². The summed E-state index contributed by atoms with van der Waals surface area (Å²) in [6, 6.07) is 10.4. The van der Waals surface area contributed by atoms with Crippen LogP contribution in [0.3, 0.4) is 0 Å². The lowest BCUT2D eigenvalue weighted by atomic mass is 9.92. The molecule has 114 valence electrons. The molecule has 1 amide bonds. The zero-order valence-corrected chi connectivity index (χ0v) is 12.7. The van der Waals surface area contributed by atoms with Gasteiger partial charge in [-0.25, -0.2) is 0 Å². The summed E-state index contributed by atoms with van der Waals surface area (Å²) in [5.41, 5.74) is 3.75. The largest absolute Gasteiger partial charge is 0.342 e. The molecule has 1 fully saturated rings. The Kier molecular flexibility index (Phi) is 3.45. The summed E-state index contributed by atoms with van der Waals surface area (Å²) in [5, 5.41) is 7.11. The van der Waals surface area contributed by atoms with Gasteiger partial charge >= 0.3 is 0 Å². The molecule has 4 nitrogen and oxygen atoms in total. The summed E-state index contributed by atoms with van der Waals surface area (Å²) in [4.78, 5) is 15.0. The number of rotatable bonds is 2. The Morgan fingerprint density at radius 1 is 1.23 bits per heavy atom. The number of hydrogen-bond acceptors (Lipinski definition) is 2. The van der Waals surface area contributed by atoms with Crippen molar-refractivity contribution in [2.45, 2.75) is 37.5 Å². The molecule has 0 unspecified atom stereocenters. The second-order valence-electron chi connectivity index (χ2n) is 6.43. The van der Waals surface area contributed by atoms with Crippen LogP contribution in [0.2, 0.25) is 0 Å². The highest BCUT2D eigenvalue weighted by Gasteiger charge is 2.34. The Bertz CT molecular complexity index is 665. The normalized spacial score (nSPS) is 24.3. The zero-order chi connectivity index (χ0) is 14.9. The number of aromatic nitrogens is 2. The van der Waals surface area contributed by atoms with E-state index < -0.39 is 0 Å². The molecule has 0 spiro atoms. The molecule has 1 aromatic heterocycles. The van der Waals surface area contributed by atoms with Gasteiger partial charge in [0.25, 0.3) is 0 Å². The molecular weight excluding hydrogens is 274 g/mol. The topological polar surface area (TPSA) is 49.0 Å². The lowest BCUT2D eigenvalue weighted by Gasteiger charge is -2.34. The molecule has 1 saturated heterocycles. The smallest absolute Gasteiger partial charge is 0.230 e. The van der Waals surface area contributed by atoms with Crippen LogP contribution in [-0.4, -0.2) is 34.1 Å². The van der Waals surface area contributed by atoms with E-state index in [1.54, 1.807) is 6.20 Å². The van der Waals surface area contributed by atoms with Crippen molar-refractivity contribution in [2.75, 3.05) is 13.1 Å². The number of carbonyl (C=O) groups is 1. The SMILES string of the molecule is O=C([C@@H]1CCc2ccccc21)N1CCC[C@@H](c2ccn[nH]2)C1. The standard InChI is InChI=1S/C18H21N3O/c22-18(16-8-7-13-4-1-2-6-15(13)16)21-11-3-5-14(12-21)17-9-10-19-20-17/h1-2,4,6,9-10,14,16H,3,5,7-8,11-12H2,(H,19,20)/t14-,16-/m1/s1. The molecule has 2 aliphatic rings. The highest BCUT2D eigenvalue weighted by Crippen LogP contribution is 2.36. The van der Waals surface area contributed by atoms with Crippen LogP contribution < -0.4 is 0 Å². The van der Waals surface area contributed by atoms with Gasteiger partial charge in [0.1, 0.15) is 0 Å². The first kappa shape index (κ1) is 13.6. The van der Waals surface area contributed by atoms with Gasteiger partial charge in [-0.3, -0.25) is 9.89 Å². The van der Waals surface area contributed by atoms with Crippen molar-refractivity contribution >= 4 is 5.91 Å². The van der Waals surface area contributed by atoms with Gasteiger partial charge in [0.05, 0.1) is 5.92 Å². The second-order valence-corrected chi connectivity index (χ2v) is 6.43. The predicted octanol–water partition coefficient (Wildman–Crippen LogP) is 2.85. The van der Waals surface area contributed by atoms with Crippen LogP contribution in [0.25, 0.3) is 0 Å². The number of piperidine rings is 1. The first-order chi connectivity index (χ1) is 10.8. The third-order valence-corrected chi connectivity index (χ3v) is 5.13. The summed E-state index contributed by atoms with van der Waals surface area (Å²) in [6.07, 6.45) is 5.99. The summed E-state index contributed by atoms with van der Waals surface area (Å²) in [6.45, 7) is 1.71. The number of hydrogen-bond donors (Lipinski definition) is 1. The minimum absolute atomic E-state index is 0.0664. The van der Waals surface area contributed by atoms with Gasteiger partial charge in [-0.2, -0.15) is 5.10 Å². The first-order valence-corrected chi connectivity index (χ1v) is 8.19. The van der Waals surface area contributed by atoms with Crippen LogP contribution in [-0.2, 0) is 11.2 Å². The Labute approximate surface area is 130 Å². The number of likely N-dealkylation sites (tertiary alicyclic amines) is 1. The summed E-state index contributed by atoms with van der Waals surface area (Å²) >= 11 is 0. The molecule has 0 bridgehead atoms. The molecule has 4 rings (SSSR count). The maximum absolute atomic E-state index is 13.0. The number of benzene rings is 1. The van der Waals surface area contributed by atoms with E-state index in [4.69, 9.17) is 0 Å². The van der Waals surface area contributed by atoms with Crippen LogP contribution >= 0.6 is 0 Å². The van der Waals surface area contributed by atoms with Crippen molar-refractivity contribution in [3.8, 4) is 0 Å². The average Bonchev–Trinajstić information content (AvgIpc) is 3.24. The summed E-state index contributed by atoms with van der Waals surface area (Å²) in [7, 11) is 0. The fraction of sp³-hybridized carbons (Fsp3) is 0.444. The quantitative estimate of drug-likeness (QED) is 0.926. The van der Waals surface area contributed by atoms with E-state index in [0.29, 0.717) is 11.8 Å². The summed E-state index contributed by atoms with van der Waals surface area (Å²) < 4.78 is 0. The van der Waals surface area contributed by atoms with Crippen LogP contribution in [0.15, 0.2) is 36.5 Å². The third-order valence-electron chi connectivity index (χ3n) is 5.13. The van der Waals surface area contributed by atoms with Crippen molar-refractivity contribution < 1.29 is 4.79 Å². The molecule has 2 heterocycles. The van der Waals surface area contributed by atoms with Crippen molar-refractivity contribution in [3.05, 3.63) is 53.3 Å². The van der Waals surface area contributed by atoms with Crippen LogP contribution in [0, 0.1) is 0 Å². The highest BCUT2D eigenvalue weighted by atomic mass is 16.2. The molecule has 2 aromatic rings. The highest BCUT2D eigenvalue weighted by molar-refractivity contribution is 5.85. The van der Waals surface area contributed by atoms with E-state index in [1.165, 1.54) is 11.1 Å². The first-order valence-electron chi connectivity index (χ1n) is 8.19. The number of amides is 1. The molecule has 1 aliphatic carbocycles. The molecule has 0 radical (unpaired) electrons. The molecule has 4 heteroatoms. The Hall–Kier alpha value is -2.10. The molecular formula is C18H21N3O. The second kappa shape index (κ2) is 5.59. The minimum atomic E-state index is 0.0664. The van der Waals surface area contributed by atoms with E-state index in [1.807, 2.05) is 12.1 Å². The van der Waals surface area contributed by atoms with Crippen LogP contribution in [0.5, 0.6) is 0 Å². The number of aromatic amines is 1. The molecule has 0 saturated carbocycles. The monoisotopic (exact) mass is 295 g/mol. The maximum Gasteiger partial charge on any atom is 0.230 e. The Balaban J connectivity index is 1.51. The van der Waals surface area contributed by atoms with E-state index in [0.717, 1.165) is 44.5 Å². The van der Waals surface area contributed by atoms with Crippen LogP contribution in [0.1, 0.15) is 47.9 Å². The van der Waals surface area contributed by atoms with Crippen LogP contribution in [0.4, 0.5) is 0 Å². The molecule has 22 heavy (non-hydrogen) atoms. The average molecular weight is 295 g/mol. The van der Waals surface area contributed by atoms with Gasteiger partial charge in [-0.05, 0) is 42.9 Å². The number of nitrogens with zero attached hydrogens (tertiary/aromatic N) is 2. The van der Waals surface area contributed by atoms with E-state index in [-0.39, 0.29) is 5.92 Å². The van der Waals surface area contributed by atoms with E-state index >= 15 is 0 Å². The molecule has 1 N–H and O–H groups in total. The molecule has 2 atom stereocenters. The predicted molar refractivity (Wildman–Crippen MR) is 84.6 cm³/mol. The fourth-order valence-electron chi connectivity index (χ4n) is 3.96. The molecule has 1 aliphatic heterocycles. The van der Waals surface area contributed by atoms with Gasteiger partial charge < -0.3 is 4.90 Å². The lowest BCUT2D eigenvalue weighted by molar-refractivity contribution is -0.134. The fourth-order valence-corrected chi connectivity index (χ4v) is 3.96. The third kappa shape index (κ3) is 2.32. The summed E-state index contributed by atoms with van der Waals surface area (Å²) in [5.74, 6) is 0.780. The van der Waals surface area contributed by atoms with Gasteiger partial charge in [0.15, 0.2) is 0 Å². The van der Waals surface area contributed by atoms with Gasteiger partial charge in [0, 0.05) is 30.9 Å². The Morgan fingerprint density at radius 3 is 3.00 bits per heavy atom. The van der Waals surface area contributed by atoms with Crippen molar-refractivity contribution in [3.63, 3.8) is 0 Å². The van der Waals surface area contributed by atoms with E-state index in [2.05, 4.69) is 33.3 Å². The number of fused-ring (bicyclic) bond motifs is 1. The van der Waals surface area contributed by atoms with Crippen molar-refractivity contribution in [2.24, 2.45) is 0 Å². The number of nitrogens with one attached hydrogen (secondary N) is 1. The lowest BCUT2D eigenvalue weighted by Crippen LogP contribution is -2.41. The van der Waals surface area contributed by atoms with Crippen molar-refractivity contribution in [1.82, 2.24) is 15.1 Å². The number of H-pyrrole nitrogens is 1. The van der Waals surface area contributed by atoms with E-state index in [9.17, 15) is 4.79 Å². The van der Waals surface area contributed by atoms with Gasteiger partial charge in [-0.15, -0.1) is 0 Å². The number of aryl methyl sites for hydroxylation is 1. The Morgan fingerprint density at radius 2 is 2.14 bits per heavy atom. The number of carbonyl (C=O) groups excluding carboxylic acids is 1.